The molecular formula is C31H37N3O3. The van der Waals surface area contributed by atoms with Crippen molar-refractivity contribution < 1.29 is 14.7 Å². The van der Waals surface area contributed by atoms with Crippen molar-refractivity contribution in [2.75, 3.05) is 26.2 Å². The van der Waals surface area contributed by atoms with Gasteiger partial charge in [0, 0.05) is 18.0 Å². The van der Waals surface area contributed by atoms with Crippen molar-refractivity contribution in [3.8, 4) is 11.1 Å². The zero-order chi connectivity index (χ0) is 26.2. The molecule has 1 fully saturated rings. The summed E-state index contributed by atoms with van der Waals surface area (Å²) in [6.45, 7) is 6.04. The van der Waals surface area contributed by atoms with Gasteiger partial charge in [-0.15, -0.1) is 0 Å². The van der Waals surface area contributed by atoms with E-state index in [1.807, 2.05) is 6.07 Å². The number of nitrogens with two attached hydrogens (primary N) is 1. The van der Waals surface area contributed by atoms with E-state index in [0.29, 0.717) is 18.0 Å². The van der Waals surface area contributed by atoms with E-state index < -0.39 is 12.0 Å². The number of piperidine rings is 1. The molecular weight excluding hydrogens is 462 g/mol. The average molecular weight is 500 g/mol. The summed E-state index contributed by atoms with van der Waals surface area (Å²) in [4.78, 5) is 26.5. The number of nitrogens with zero attached hydrogens (tertiary/aromatic N) is 1. The van der Waals surface area contributed by atoms with Crippen LogP contribution in [0, 0.1) is 5.92 Å². The van der Waals surface area contributed by atoms with Crippen molar-refractivity contribution in [1.82, 2.24) is 10.2 Å². The molecule has 1 aliphatic heterocycles. The van der Waals surface area contributed by atoms with Gasteiger partial charge in [-0.1, -0.05) is 73.7 Å². The molecule has 6 nitrogen and oxygen atoms in total. The molecule has 3 aromatic rings. The van der Waals surface area contributed by atoms with Gasteiger partial charge in [0.25, 0.3) is 5.91 Å². The van der Waals surface area contributed by atoms with Gasteiger partial charge >= 0.3 is 5.97 Å². The maximum absolute atomic E-state index is 13.0. The number of amides is 1. The summed E-state index contributed by atoms with van der Waals surface area (Å²) in [5.74, 6) is -0.411. The Balaban J connectivity index is 1.45. The number of rotatable bonds is 10. The number of nitrogens with one attached hydrogen (secondary N) is 1. The van der Waals surface area contributed by atoms with Crippen LogP contribution in [0.4, 0.5) is 0 Å². The highest BCUT2D eigenvalue weighted by atomic mass is 16.4. The van der Waals surface area contributed by atoms with E-state index in [0.717, 1.165) is 38.0 Å². The van der Waals surface area contributed by atoms with Gasteiger partial charge in [-0.05, 0) is 79.2 Å². The second-order valence-corrected chi connectivity index (χ2v) is 9.92. The maximum Gasteiger partial charge on any atom is 0.320 e. The van der Waals surface area contributed by atoms with E-state index in [1.54, 1.807) is 24.3 Å². The lowest BCUT2D eigenvalue weighted by Crippen LogP contribution is -2.38. The quantitative estimate of drug-likeness (QED) is 0.380. The fraction of sp³-hybridized carbons (Fsp3) is 0.355. The van der Waals surface area contributed by atoms with Crippen LogP contribution in [0.25, 0.3) is 11.1 Å². The largest absolute Gasteiger partial charge is 0.480 e. The van der Waals surface area contributed by atoms with Crippen LogP contribution < -0.4 is 11.1 Å². The smallest absolute Gasteiger partial charge is 0.320 e. The Kier molecular flexibility index (Phi) is 9.09. The molecule has 1 heterocycles. The molecule has 4 rings (SSSR count). The van der Waals surface area contributed by atoms with Gasteiger partial charge in [-0.3, -0.25) is 9.59 Å². The number of aliphatic carboxylic acids is 1. The summed E-state index contributed by atoms with van der Waals surface area (Å²) in [5.41, 5.74) is 10.6. The van der Waals surface area contributed by atoms with E-state index in [-0.39, 0.29) is 18.2 Å². The molecule has 0 radical (unpaired) electrons. The molecule has 6 heteroatoms. The number of carbonyl (C=O) groups excluding carboxylic acids is 1. The standard InChI is InChI=1S/C31H37N3O3/c1-2-34-18-16-26(17-19-34)28(25-14-12-24(13-15-25)23-6-4-3-5-7-23)21-33-30(35)27-10-8-22(9-11-27)20-29(32)31(36)37/h3-15,26,28-29H,2,16-21,32H2,1H3,(H,33,35)(H,36,37)/t28-,29-/m0/s1. The van der Waals surface area contributed by atoms with Crippen LogP contribution >= 0.6 is 0 Å². The average Bonchev–Trinajstić information content (AvgIpc) is 2.94. The second-order valence-electron chi connectivity index (χ2n) is 9.92. The van der Waals surface area contributed by atoms with Crippen molar-refractivity contribution in [2.45, 2.75) is 38.1 Å². The van der Waals surface area contributed by atoms with E-state index in [4.69, 9.17) is 10.8 Å². The number of carbonyl (C=O) groups is 2. The molecule has 0 bridgehead atoms. The van der Waals surface area contributed by atoms with Crippen molar-refractivity contribution >= 4 is 11.9 Å². The normalized spacial score (nSPS) is 16.2. The summed E-state index contributed by atoms with van der Waals surface area (Å²) in [6.07, 6.45) is 2.47. The monoisotopic (exact) mass is 499 g/mol. The third-order valence-electron chi connectivity index (χ3n) is 7.57. The first-order valence-electron chi connectivity index (χ1n) is 13.2. The Morgan fingerprint density at radius 3 is 2.16 bits per heavy atom. The number of carboxylic acids is 1. The molecule has 0 aliphatic carbocycles. The van der Waals surface area contributed by atoms with Crippen LogP contribution in [0.2, 0.25) is 0 Å². The lowest BCUT2D eigenvalue weighted by Gasteiger charge is -2.36. The van der Waals surface area contributed by atoms with Gasteiger partial charge in [0.05, 0.1) is 0 Å². The molecule has 0 aromatic heterocycles. The fourth-order valence-corrected chi connectivity index (χ4v) is 5.22. The van der Waals surface area contributed by atoms with Gasteiger partial charge in [0.15, 0.2) is 0 Å². The first kappa shape index (κ1) is 26.6. The number of hydrogen-bond acceptors (Lipinski definition) is 4. The zero-order valence-corrected chi connectivity index (χ0v) is 21.5. The van der Waals surface area contributed by atoms with Gasteiger partial charge in [0.2, 0.25) is 0 Å². The van der Waals surface area contributed by atoms with Gasteiger partial charge in [-0.25, -0.2) is 0 Å². The van der Waals surface area contributed by atoms with Gasteiger partial charge in [-0.2, -0.15) is 0 Å². The van der Waals surface area contributed by atoms with Crippen molar-refractivity contribution in [3.63, 3.8) is 0 Å². The number of hydrogen-bond donors (Lipinski definition) is 3. The van der Waals surface area contributed by atoms with E-state index in [2.05, 4.69) is 65.7 Å². The maximum atomic E-state index is 13.0. The Morgan fingerprint density at radius 2 is 1.57 bits per heavy atom. The van der Waals surface area contributed by atoms with Crippen LogP contribution in [0.15, 0.2) is 78.9 Å². The molecule has 1 saturated heterocycles. The third kappa shape index (κ3) is 7.06. The van der Waals surface area contributed by atoms with Crippen LogP contribution in [0.3, 0.4) is 0 Å². The van der Waals surface area contributed by atoms with Crippen LogP contribution in [-0.4, -0.2) is 54.1 Å². The third-order valence-corrected chi connectivity index (χ3v) is 7.57. The minimum absolute atomic E-state index is 0.119. The Bertz CT molecular complexity index is 1150. The summed E-state index contributed by atoms with van der Waals surface area (Å²) < 4.78 is 0. The topological polar surface area (TPSA) is 95.7 Å². The fourth-order valence-electron chi connectivity index (χ4n) is 5.22. The van der Waals surface area contributed by atoms with E-state index >= 15 is 0 Å². The highest BCUT2D eigenvalue weighted by Gasteiger charge is 2.28. The van der Waals surface area contributed by atoms with Crippen molar-refractivity contribution in [3.05, 3.63) is 95.6 Å². The molecule has 0 spiro atoms. The molecule has 4 N–H and O–H groups in total. The number of benzene rings is 3. The predicted molar refractivity (Wildman–Crippen MR) is 148 cm³/mol. The lowest BCUT2D eigenvalue weighted by molar-refractivity contribution is -0.138. The van der Waals surface area contributed by atoms with Crippen molar-refractivity contribution in [2.24, 2.45) is 11.7 Å². The molecule has 0 unspecified atom stereocenters. The molecule has 1 aliphatic rings. The van der Waals surface area contributed by atoms with E-state index in [9.17, 15) is 9.59 Å². The Hall–Kier alpha value is -3.48. The second kappa shape index (κ2) is 12.7. The molecule has 2 atom stereocenters. The molecule has 194 valence electrons. The van der Waals surface area contributed by atoms with Gasteiger partial charge < -0.3 is 21.1 Å². The summed E-state index contributed by atoms with van der Waals surface area (Å²) in [5, 5.41) is 12.2. The van der Waals surface area contributed by atoms with Gasteiger partial charge in [0.1, 0.15) is 6.04 Å². The SMILES string of the molecule is CCN1CCC([C@@H](CNC(=O)c2ccc(C[C@H](N)C(=O)O)cc2)c2ccc(-c3ccccc3)cc2)CC1. The summed E-state index contributed by atoms with van der Waals surface area (Å²) in [7, 11) is 0. The highest BCUT2D eigenvalue weighted by Crippen LogP contribution is 2.33. The minimum atomic E-state index is -1.03. The van der Waals surface area contributed by atoms with Crippen LogP contribution in [-0.2, 0) is 11.2 Å². The predicted octanol–water partition coefficient (Wildman–Crippen LogP) is 4.55. The zero-order valence-electron chi connectivity index (χ0n) is 21.5. The molecule has 0 saturated carbocycles. The Labute approximate surface area is 219 Å². The Morgan fingerprint density at radius 1 is 0.946 bits per heavy atom. The van der Waals surface area contributed by atoms with Crippen LogP contribution in [0.1, 0.15) is 47.2 Å². The molecule has 1 amide bonds. The first-order valence-corrected chi connectivity index (χ1v) is 13.2. The van der Waals surface area contributed by atoms with Crippen LogP contribution in [0.5, 0.6) is 0 Å². The highest BCUT2D eigenvalue weighted by molar-refractivity contribution is 5.94. The van der Waals surface area contributed by atoms with E-state index in [1.165, 1.54) is 16.7 Å². The lowest BCUT2D eigenvalue weighted by atomic mass is 9.79. The summed E-state index contributed by atoms with van der Waals surface area (Å²) in [6, 6.07) is 25.2. The molecule has 37 heavy (non-hydrogen) atoms. The minimum Gasteiger partial charge on any atom is -0.480 e. The number of carboxylic acid groups (broad SMARTS) is 1. The first-order chi connectivity index (χ1) is 17.9. The molecule has 3 aromatic carbocycles. The number of likely N-dealkylation sites (tertiary alicyclic amines) is 1. The summed E-state index contributed by atoms with van der Waals surface area (Å²) >= 11 is 0. The van der Waals surface area contributed by atoms with Crippen molar-refractivity contribution in [1.29, 1.82) is 0 Å².